The van der Waals surface area contributed by atoms with Crippen LogP contribution in [-0.2, 0) is 6.54 Å². The minimum Gasteiger partial charge on any atom is -0.478 e. The van der Waals surface area contributed by atoms with E-state index in [1.807, 2.05) is 0 Å². The topological polar surface area (TPSA) is 98.3 Å². The van der Waals surface area contributed by atoms with Crippen molar-refractivity contribution in [3.05, 3.63) is 57.5 Å². The first-order valence-electron chi connectivity index (χ1n) is 5.48. The van der Waals surface area contributed by atoms with Crippen LogP contribution in [0.3, 0.4) is 0 Å². The Kier molecular flexibility index (Phi) is 3.28. The van der Waals surface area contributed by atoms with E-state index in [-0.39, 0.29) is 17.9 Å². The number of aromatic nitrogens is 2. The van der Waals surface area contributed by atoms with Crippen LogP contribution >= 0.6 is 0 Å². The third-order valence-corrected chi connectivity index (χ3v) is 2.76. The first-order valence-corrected chi connectivity index (χ1v) is 5.48. The van der Waals surface area contributed by atoms with Crippen LogP contribution in [0.4, 0.5) is 5.82 Å². The highest BCUT2D eigenvalue weighted by Crippen LogP contribution is 2.16. The number of hydrogen-bond donors (Lipinski definition) is 1. The molecule has 1 N–H and O–H groups in total. The summed E-state index contributed by atoms with van der Waals surface area (Å²) < 4.78 is 1.47. The molecular weight excluding hydrogens is 250 g/mol. The Bertz CT molecular complexity index is 631. The van der Waals surface area contributed by atoms with Crippen LogP contribution in [-0.4, -0.2) is 25.6 Å². The van der Waals surface area contributed by atoms with E-state index < -0.39 is 10.9 Å². The lowest BCUT2D eigenvalue weighted by Gasteiger charge is -2.03. The van der Waals surface area contributed by atoms with Crippen molar-refractivity contribution in [3.8, 4) is 0 Å². The number of hydrogen-bond acceptors (Lipinski definition) is 4. The van der Waals surface area contributed by atoms with Gasteiger partial charge < -0.3 is 15.2 Å². The Labute approximate surface area is 108 Å². The van der Waals surface area contributed by atoms with Gasteiger partial charge in [-0.05, 0) is 22.6 Å². The second-order valence-corrected chi connectivity index (χ2v) is 4.01. The summed E-state index contributed by atoms with van der Waals surface area (Å²) in [5, 5.41) is 19.6. The molecule has 0 saturated heterocycles. The fourth-order valence-electron chi connectivity index (χ4n) is 1.73. The van der Waals surface area contributed by atoms with Crippen molar-refractivity contribution >= 4 is 11.8 Å². The van der Waals surface area contributed by atoms with Crippen LogP contribution in [0.1, 0.15) is 21.7 Å². The Morgan fingerprint density at radius 1 is 1.42 bits per heavy atom. The highest BCUT2D eigenvalue weighted by atomic mass is 16.6. The van der Waals surface area contributed by atoms with Gasteiger partial charge in [-0.15, -0.1) is 0 Å². The number of aryl methyl sites for hydroxylation is 1. The molecule has 1 aromatic heterocycles. The summed E-state index contributed by atoms with van der Waals surface area (Å²) in [5.74, 6) is -0.551. The van der Waals surface area contributed by atoms with Crippen molar-refractivity contribution in [3.63, 3.8) is 0 Å². The summed E-state index contributed by atoms with van der Waals surface area (Å²) in [4.78, 5) is 25.0. The molecule has 0 aliphatic carbocycles. The van der Waals surface area contributed by atoms with Crippen molar-refractivity contribution in [1.82, 2.24) is 9.55 Å². The maximum Gasteiger partial charge on any atom is 0.343 e. The fraction of sp³-hybridized carbons (Fsp3) is 0.167. The van der Waals surface area contributed by atoms with Gasteiger partial charge in [-0.3, -0.25) is 0 Å². The zero-order valence-electron chi connectivity index (χ0n) is 10.1. The maximum absolute atomic E-state index is 10.8. The molecule has 0 aliphatic rings. The Morgan fingerprint density at radius 3 is 2.58 bits per heavy atom. The number of nitrogens with zero attached hydrogens (tertiary/aromatic N) is 3. The minimum atomic E-state index is -1.00. The van der Waals surface area contributed by atoms with Gasteiger partial charge in [0.05, 0.1) is 5.56 Å². The quantitative estimate of drug-likeness (QED) is 0.668. The number of aromatic carboxylic acids is 1. The Hall–Kier alpha value is -2.70. The molecule has 0 bridgehead atoms. The largest absolute Gasteiger partial charge is 0.478 e. The molecule has 0 aliphatic heterocycles. The zero-order valence-corrected chi connectivity index (χ0v) is 10.1. The normalized spacial score (nSPS) is 10.4. The lowest BCUT2D eigenvalue weighted by Crippen LogP contribution is -2.06. The average molecular weight is 261 g/mol. The predicted molar refractivity (Wildman–Crippen MR) is 66.1 cm³/mol. The van der Waals surface area contributed by atoms with E-state index in [0.717, 1.165) is 5.56 Å². The third-order valence-electron chi connectivity index (χ3n) is 2.76. The molecule has 0 radical (unpaired) electrons. The van der Waals surface area contributed by atoms with Crippen LogP contribution in [0.5, 0.6) is 0 Å². The van der Waals surface area contributed by atoms with Crippen molar-refractivity contribution in [2.45, 2.75) is 13.5 Å². The van der Waals surface area contributed by atoms with Gasteiger partial charge in [0.2, 0.25) is 0 Å². The summed E-state index contributed by atoms with van der Waals surface area (Å²) in [6.45, 7) is 1.96. The van der Waals surface area contributed by atoms with E-state index in [9.17, 15) is 14.9 Å². The molecule has 7 heteroatoms. The average Bonchev–Trinajstić information content (AvgIpc) is 2.72. The highest BCUT2D eigenvalue weighted by Gasteiger charge is 2.17. The van der Waals surface area contributed by atoms with E-state index in [0.29, 0.717) is 5.82 Å². The number of rotatable bonds is 4. The second-order valence-electron chi connectivity index (χ2n) is 4.01. The summed E-state index contributed by atoms with van der Waals surface area (Å²) in [6, 6.07) is 6.20. The molecule has 2 aromatic rings. The molecule has 0 atom stereocenters. The van der Waals surface area contributed by atoms with E-state index in [4.69, 9.17) is 5.11 Å². The summed E-state index contributed by atoms with van der Waals surface area (Å²) in [7, 11) is 0. The highest BCUT2D eigenvalue weighted by molar-refractivity contribution is 5.87. The summed E-state index contributed by atoms with van der Waals surface area (Å²) >= 11 is 0. The molecule has 2 rings (SSSR count). The Morgan fingerprint density at radius 2 is 2.05 bits per heavy atom. The summed E-state index contributed by atoms with van der Waals surface area (Å²) in [5.41, 5.74) is 0.954. The van der Waals surface area contributed by atoms with Gasteiger partial charge >= 0.3 is 11.8 Å². The number of imidazole rings is 1. The van der Waals surface area contributed by atoms with Gasteiger partial charge in [0, 0.05) is 6.92 Å². The van der Waals surface area contributed by atoms with Gasteiger partial charge in [0.15, 0.2) is 5.82 Å². The molecule has 0 saturated carbocycles. The Balaban J connectivity index is 2.28. The van der Waals surface area contributed by atoms with Gasteiger partial charge in [-0.25, -0.2) is 14.3 Å². The zero-order chi connectivity index (χ0) is 14.0. The van der Waals surface area contributed by atoms with Gasteiger partial charge in [0.1, 0.15) is 12.7 Å². The van der Waals surface area contributed by atoms with Crippen LogP contribution < -0.4 is 0 Å². The lowest BCUT2D eigenvalue weighted by molar-refractivity contribution is -0.392. The fourth-order valence-corrected chi connectivity index (χ4v) is 1.73. The molecule has 7 nitrogen and oxygen atoms in total. The molecule has 1 heterocycles. The van der Waals surface area contributed by atoms with Crippen molar-refractivity contribution in [2.24, 2.45) is 0 Å². The van der Waals surface area contributed by atoms with Crippen molar-refractivity contribution in [1.29, 1.82) is 0 Å². The molecule has 0 spiro atoms. The van der Waals surface area contributed by atoms with Crippen LogP contribution in [0.2, 0.25) is 0 Å². The van der Waals surface area contributed by atoms with E-state index in [1.165, 1.54) is 22.9 Å². The number of benzene rings is 1. The number of carboxylic acids is 1. The van der Waals surface area contributed by atoms with E-state index in [1.54, 1.807) is 19.1 Å². The third kappa shape index (κ3) is 2.59. The predicted octanol–water partition coefficient (Wildman–Crippen LogP) is 1.85. The van der Waals surface area contributed by atoms with Crippen molar-refractivity contribution in [2.75, 3.05) is 0 Å². The monoisotopic (exact) mass is 261 g/mol. The van der Waals surface area contributed by atoms with Crippen LogP contribution in [0.15, 0.2) is 30.5 Å². The maximum atomic E-state index is 10.8. The van der Waals surface area contributed by atoms with E-state index >= 15 is 0 Å². The molecule has 0 amide bonds. The summed E-state index contributed by atoms with van der Waals surface area (Å²) in [6.07, 6.45) is 1.21. The lowest BCUT2D eigenvalue weighted by atomic mass is 10.1. The van der Waals surface area contributed by atoms with Gasteiger partial charge in [-0.2, -0.15) is 0 Å². The molecule has 98 valence electrons. The van der Waals surface area contributed by atoms with Crippen LogP contribution in [0, 0.1) is 17.0 Å². The van der Waals surface area contributed by atoms with Gasteiger partial charge in [0.25, 0.3) is 0 Å². The smallest absolute Gasteiger partial charge is 0.343 e. The SMILES string of the molecule is Cc1ncc([N+](=O)[O-])n1Cc1ccc(C(=O)O)cc1. The number of carbonyl (C=O) groups is 1. The van der Waals surface area contributed by atoms with Gasteiger partial charge in [-0.1, -0.05) is 12.1 Å². The standard InChI is InChI=1S/C12H11N3O4/c1-8-13-6-11(15(18)19)14(8)7-9-2-4-10(5-3-9)12(16)17/h2-6H,7H2,1H3,(H,16,17). The molecule has 0 unspecified atom stereocenters. The molecule has 19 heavy (non-hydrogen) atoms. The number of carboxylic acid groups (broad SMARTS) is 1. The van der Waals surface area contributed by atoms with Crippen LogP contribution in [0.25, 0.3) is 0 Å². The number of nitro groups is 1. The molecule has 0 fully saturated rings. The second kappa shape index (κ2) is 4.89. The first kappa shape index (κ1) is 12.7. The first-order chi connectivity index (χ1) is 8.99. The van der Waals surface area contributed by atoms with Crippen molar-refractivity contribution < 1.29 is 14.8 Å². The minimum absolute atomic E-state index is 0.0835. The molecule has 1 aromatic carbocycles. The molecular formula is C12H11N3O4. The van der Waals surface area contributed by atoms with E-state index in [2.05, 4.69) is 4.98 Å².